The highest BCUT2D eigenvalue weighted by Crippen LogP contribution is 2.31. The van der Waals surface area contributed by atoms with Gasteiger partial charge < -0.3 is 4.40 Å². The molecule has 1 aliphatic heterocycles. The molecule has 0 N–H and O–H groups in total. The van der Waals surface area contributed by atoms with E-state index in [-0.39, 0.29) is 0 Å². The van der Waals surface area contributed by atoms with Crippen molar-refractivity contribution in [2.45, 2.75) is 23.7 Å². The largest absolute Gasteiger partial charge is 0.305 e. The predicted octanol–water partition coefficient (Wildman–Crippen LogP) is 3.67. The van der Waals surface area contributed by atoms with Crippen molar-refractivity contribution in [3.05, 3.63) is 65.0 Å². The van der Waals surface area contributed by atoms with Crippen molar-refractivity contribution < 1.29 is 8.42 Å². The van der Waals surface area contributed by atoms with Crippen LogP contribution in [0.4, 0.5) is 0 Å². The number of halogens is 1. The lowest BCUT2D eigenvalue weighted by Crippen LogP contribution is -2.38. The van der Waals surface area contributed by atoms with Crippen molar-refractivity contribution in [2.75, 3.05) is 13.1 Å². The summed E-state index contributed by atoms with van der Waals surface area (Å²) < 4.78 is 30.0. The number of nitrogens with zero attached hydrogens (tertiary/aromatic N) is 3. The van der Waals surface area contributed by atoms with Crippen LogP contribution >= 0.6 is 15.9 Å². The number of pyridine rings is 1. The molecule has 0 saturated carbocycles. The molecule has 0 unspecified atom stereocenters. The Hall–Kier alpha value is -1.70. The third-order valence-electron chi connectivity index (χ3n) is 4.78. The molecule has 0 amide bonds. The summed E-state index contributed by atoms with van der Waals surface area (Å²) in [6, 6.07) is 12.0. The molecule has 1 aliphatic rings. The minimum absolute atomic E-state index is 0.294. The van der Waals surface area contributed by atoms with Gasteiger partial charge in [0.25, 0.3) is 0 Å². The van der Waals surface area contributed by atoms with Crippen molar-refractivity contribution in [2.24, 2.45) is 0 Å². The molecule has 4 rings (SSSR count). The quantitative estimate of drug-likeness (QED) is 0.650. The van der Waals surface area contributed by atoms with E-state index in [1.54, 1.807) is 33.4 Å². The van der Waals surface area contributed by atoms with Crippen LogP contribution < -0.4 is 0 Å². The van der Waals surface area contributed by atoms with E-state index < -0.39 is 10.0 Å². The van der Waals surface area contributed by atoms with Gasteiger partial charge in [0.05, 0.1) is 4.47 Å². The van der Waals surface area contributed by atoms with E-state index in [4.69, 9.17) is 0 Å². The first kappa shape index (κ1) is 16.8. The minimum atomic E-state index is -3.50. The number of imidazole rings is 1. The Labute approximate surface area is 155 Å². The maximum Gasteiger partial charge on any atom is 0.244 e. The van der Waals surface area contributed by atoms with Gasteiger partial charge in [-0.1, -0.05) is 30.3 Å². The number of rotatable bonds is 3. The van der Waals surface area contributed by atoms with E-state index >= 15 is 0 Å². The molecule has 0 atom stereocenters. The summed E-state index contributed by atoms with van der Waals surface area (Å²) in [4.78, 5) is 4.50. The topological polar surface area (TPSA) is 54.7 Å². The molecular weight excluding hydrogens is 402 g/mol. The Kier molecular flexibility index (Phi) is 4.39. The molecule has 3 aromatic rings. The second-order valence-electron chi connectivity index (χ2n) is 6.27. The average molecular weight is 420 g/mol. The minimum Gasteiger partial charge on any atom is -0.305 e. The summed E-state index contributed by atoms with van der Waals surface area (Å²) in [5.41, 5.74) is 2.00. The third kappa shape index (κ3) is 3.12. The first-order chi connectivity index (χ1) is 12.1. The van der Waals surface area contributed by atoms with Crippen molar-refractivity contribution >= 4 is 31.6 Å². The van der Waals surface area contributed by atoms with Crippen LogP contribution in [0.15, 0.2) is 64.4 Å². The van der Waals surface area contributed by atoms with Gasteiger partial charge in [0.1, 0.15) is 4.90 Å². The summed E-state index contributed by atoms with van der Waals surface area (Å²) in [5.74, 6) is 0.426. The van der Waals surface area contributed by atoms with Gasteiger partial charge in [-0.05, 0) is 46.3 Å². The van der Waals surface area contributed by atoms with Gasteiger partial charge in [0.2, 0.25) is 10.0 Å². The highest BCUT2D eigenvalue weighted by Gasteiger charge is 2.30. The number of fused-ring (bicyclic) bond motifs is 1. The number of aromatic nitrogens is 2. The summed E-state index contributed by atoms with van der Waals surface area (Å²) in [6.07, 6.45) is 6.73. The first-order valence-corrected chi connectivity index (χ1v) is 10.5. The van der Waals surface area contributed by atoms with Crippen molar-refractivity contribution in [1.29, 1.82) is 0 Å². The van der Waals surface area contributed by atoms with E-state index in [2.05, 4.69) is 33.0 Å². The highest BCUT2D eigenvalue weighted by atomic mass is 79.9. The van der Waals surface area contributed by atoms with Gasteiger partial charge in [0.15, 0.2) is 5.65 Å². The van der Waals surface area contributed by atoms with Crippen LogP contribution in [-0.4, -0.2) is 35.2 Å². The molecule has 25 heavy (non-hydrogen) atoms. The molecular formula is C18H18BrN3O2S. The summed E-state index contributed by atoms with van der Waals surface area (Å²) in [5, 5.41) is 0. The van der Waals surface area contributed by atoms with Crippen LogP contribution in [0.5, 0.6) is 0 Å². The molecule has 7 heteroatoms. The Morgan fingerprint density at radius 1 is 1.12 bits per heavy atom. The number of hydrogen-bond donors (Lipinski definition) is 0. The van der Waals surface area contributed by atoms with Crippen LogP contribution in [0.25, 0.3) is 5.65 Å². The van der Waals surface area contributed by atoms with Crippen molar-refractivity contribution in [3.8, 4) is 0 Å². The normalized spacial score (nSPS) is 17.2. The summed E-state index contributed by atoms with van der Waals surface area (Å²) in [6.45, 7) is 1.09. The Bertz CT molecular complexity index is 994. The number of piperidine rings is 1. The lowest BCUT2D eigenvalue weighted by atomic mass is 9.90. The third-order valence-corrected chi connectivity index (χ3v) is 7.23. The zero-order valence-electron chi connectivity index (χ0n) is 13.5. The van der Waals surface area contributed by atoms with E-state index in [1.807, 2.05) is 18.2 Å². The smallest absolute Gasteiger partial charge is 0.244 e. The van der Waals surface area contributed by atoms with Gasteiger partial charge in [-0.15, -0.1) is 0 Å². The van der Waals surface area contributed by atoms with Gasteiger partial charge >= 0.3 is 0 Å². The lowest BCUT2D eigenvalue weighted by Gasteiger charge is -2.31. The molecule has 1 fully saturated rings. The second-order valence-corrected chi connectivity index (χ2v) is 9.06. The first-order valence-electron chi connectivity index (χ1n) is 8.23. The van der Waals surface area contributed by atoms with Gasteiger partial charge in [-0.3, -0.25) is 0 Å². The maximum absolute atomic E-state index is 13.0. The second kappa shape index (κ2) is 6.55. The Morgan fingerprint density at radius 3 is 2.56 bits per heavy atom. The number of hydrogen-bond acceptors (Lipinski definition) is 3. The molecule has 3 heterocycles. The number of benzene rings is 1. The molecule has 1 aromatic carbocycles. The van der Waals surface area contributed by atoms with Gasteiger partial charge in [-0.2, -0.15) is 4.31 Å². The fourth-order valence-corrected chi connectivity index (χ4v) is 5.62. The van der Waals surface area contributed by atoms with Crippen LogP contribution in [0.1, 0.15) is 24.3 Å². The predicted molar refractivity (Wildman–Crippen MR) is 100 cm³/mol. The zero-order chi connectivity index (χ0) is 17.4. The molecule has 130 valence electrons. The molecule has 5 nitrogen and oxygen atoms in total. The van der Waals surface area contributed by atoms with Crippen molar-refractivity contribution in [1.82, 2.24) is 13.7 Å². The molecule has 0 bridgehead atoms. The molecule has 0 aliphatic carbocycles. The lowest BCUT2D eigenvalue weighted by molar-refractivity contribution is 0.319. The van der Waals surface area contributed by atoms with E-state index in [1.165, 1.54) is 5.56 Å². The SMILES string of the molecule is O=S(=O)(c1cc(Br)c2nccn2c1)N1CCC(c2ccccc2)CC1. The molecule has 0 radical (unpaired) electrons. The monoisotopic (exact) mass is 419 g/mol. The standard InChI is InChI=1S/C18H18BrN3O2S/c19-17-12-16(13-21-11-8-20-18(17)21)25(23,24)22-9-6-15(7-10-22)14-4-2-1-3-5-14/h1-5,8,11-13,15H,6-7,9-10H2. The Morgan fingerprint density at radius 2 is 1.84 bits per heavy atom. The maximum atomic E-state index is 13.0. The van der Waals surface area contributed by atoms with Crippen molar-refractivity contribution in [3.63, 3.8) is 0 Å². The van der Waals surface area contributed by atoms with Gasteiger partial charge in [-0.25, -0.2) is 13.4 Å². The van der Waals surface area contributed by atoms with Gasteiger partial charge in [0, 0.05) is 31.7 Å². The molecule has 0 spiro atoms. The van der Waals surface area contributed by atoms with Crippen LogP contribution in [-0.2, 0) is 10.0 Å². The fourth-order valence-electron chi connectivity index (χ4n) is 3.41. The zero-order valence-corrected chi connectivity index (χ0v) is 15.9. The fraction of sp³-hybridized carbons (Fsp3) is 0.278. The Balaban J connectivity index is 1.57. The van der Waals surface area contributed by atoms with Crippen LogP contribution in [0.2, 0.25) is 0 Å². The van der Waals surface area contributed by atoms with E-state index in [0.29, 0.717) is 34.0 Å². The van der Waals surface area contributed by atoms with Crippen LogP contribution in [0, 0.1) is 0 Å². The molecule has 1 saturated heterocycles. The van der Waals surface area contributed by atoms with E-state index in [9.17, 15) is 8.42 Å². The van der Waals surface area contributed by atoms with E-state index in [0.717, 1.165) is 12.8 Å². The summed E-state index contributed by atoms with van der Waals surface area (Å²) >= 11 is 3.42. The molecule has 2 aromatic heterocycles. The highest BCUT2D eigenvalue weighted by molar-refractivity contribution is 9.10. The number of sulfonamides is 1. The average Bonchev–Trinajstić information content (AvgIpc) is 3.12. The van der Waals surface area contributed by atoms with Crippen LogP contribution in [0.3, 0.4) is 0 Å². The summed E-state index contributed by atoms with van der Waals surface area (Å²) in [7, 11) is -3.50.